The van der Waals surface area contributed by atoms with Gasteiger partial charge in [-0.3, -0.25) is 0 Å². The van der Waals surface area contributed by atoms with Crippen molar-refractivity contribution in [3.05, 3.63) is 119 Å². The molecule has 288 valence electrons. The molecule has 0 aromatic heterocycles. The van der Waals surface area contributed by atoms with Gasteiger partial charge < -0.3 is 39.9 Å². The van der Waals surface area contributed by atoms with Gasteiger partial charge in [-0.25, -0.2) is 9.59 Å². The van der Waals surface area contributed by atoms with Crippen LogP contribution < -0.4 is 20.1 Å². The smallest absolute Gasteiger partial charge is 0.475 e. The van der Waals surface area contributed by atoms with Crippen LogP contribution in [-0.2, 0) is 30.8 Å². The van der Waals surface area contributed by atoms with Gasteiger partial charge >= 0.3 is 18.2 Å². The number of benzene rings is 4. The molecule has 6 rings (SSSR count). The van der Waals surface area contributed by atoms with Gasteiger partial charge in [-0.2, -0.15) is 13.2 Å². The zero-order valence-corrected chi connectivity index (χ0v) is 30.5. The Bertz CT molecular complexity index is 1780. The van der Waals surface area contributed by atoms with Crippen LogP contribution in [-0.4, -0.2) is 97.6 Å². The number of alkyl halides is 3. The maximum atomic E-state index is 13.4. The minimum atomic E-state index is -5.08. The van der Waals surface area contributed by atoms with E-state index in [-0.39, 0.29) is 6.03 Å². The molecule has 1 saturated heterocycles. The first kappa shape index (κ1) is 40.1. The van der Waals surface area contributed by atoms with Crippen LogP contribution in [0.4, 0.5) is 18.0 Å². The van der Waals surface area contributed by atoms with E-state index < -0.39 is 12.1 Å². The Kier molecular flexibility index (Phi) is 14.7. The molecule has 10 nitrogen and oxygen atoms in total. The van der Waals surface area contributed by atoms with Crippen LogP contribution in [0, 0.1) is 0 Å². The number of piperazine rings is 1. The number of carboxylic acid groups (broad SMARTS) is 1. The van der Waals surface area contributed by atoms with E-state index in [4.69, 9.17) is 19.4 Å². The summed E-state index contributed by atoms with van der Waals surface area (Å²) in [4.78, 5) is 29.2. The number of urea groups is 1. The van der Waals surface area contributed by atoms with Crippen LogP contribution >= 0.6 is 0 Å². The quantitative estimate of drug-likeness (QED) is 0.136. The average Bonchev–Trinajstić information content (AvgIpc) is 3.64. The van der Waals surface area contributed by atoms with Crippen molar-refractivity contribution in [3.8, 4) is 22.6 Å². The van der Waals surface area contributed by atoms with Crippen LogP contribution in [0.25, 0.3) is 11.1 Å². The molecule has 54 heavy (non-hydrogen) atoms. The molecule has 0 aliphatic carbocycles. The van der Waals surface area contributed by atoms with Crippen LogP contribution in [0.5, 0.6) is 11.5 Å². The van der Waals surface area contributed by atoms with E-state index in [1.165, 1.54) is 27.8 Å². The second kappa shape index (κ2) is 19.8. The average molecular weight is 748 g/mol. The number of hydrogen-bond acceptors (Lipinski definition) is 7. The Morgan fingerprint density at radius 3 is 2.13 bits per heavy atom. The molecule has 0 bridgehead atoms. The first-order chi connectivity index (χ1) is 26.0. The highest BCUT2D eigenvalue weighted by molar-refractivity contribution is 5.74. The lowest BCUT2D eigenvalue weighted by Crippen LogP contribution is -2.46. The van der Waals surface area contributed by atoms with Crippen LogP contribution in [0.1, 0.15) is 28.7 Å². The number of fused-ring (bicyclic) bond motifs is 1. The highest BCUT2D eigenvalue weighted by atomic mass is 19.4. The van der Waals surface area contributed by atoms with Crippen molar-refractivity contribution in [2.24, 2.45) is 0 Å². The molecule has 0 atom stereocenters. The SMILES string of the molecule is CN1CCN(CCCN(Cc2ccc(-c3cccc(CNCc4ccc5c(c4)OCO5)c3)cc2)C(=O)NCCc2ccccc2)CC1.O=C(O)C(F)(F)F. The van der Waals surface area contributed by atoms with Crippen molar-refractivity contribution in [1.29, 1.82) is 0 Å². The number of halogens is 3. The summed E-state index contributed by atoms with van der Waals surface area (Å²) in [5.41, 5.74) is 7.11. The van der Waals surface area contributed by atoms with Crippen molar-refractivity contribution in [1.82, 2.24) is 25.3 Å². The molecule has 1 fully saturated rings. The van der Waals surface area contributed by atoms with Crippen molar-refractivity contribution >= 4 is 12.0 Å². The summed E-state index contributed by atoms with van der Waals surface area (Å²) in [6, 6.07) is 33.7. The molecule has 4 aromatic carbocycles. The largest absolute Gasteiger partial charge is 0.490 e. The molecule has 2 aliphatic heterocycles. The van der Waals surface area contributed by atoms with Gasteiger partial charge in [0.25, 0.3) is 0 Å². The summed E-state index contributed by atoms with van der Waals surface area (Å²) >= 11 is 0. The second-order valence-electron chi connectivity index (χ2n) is 13.4. The van der Waals surface area contributed by atoms with Gasteiger partial charge in [0, 0.05) is 58.9 Å². The van der Waals surface area contributed by atoms with Gasteiger partial charge in [0.05, 0.1) is 0 Å². The Labute approximate surface area is 314 Å². The van der Waals surface area contributed by atoms with E-state index in [1.54, 1.807) is 0 Å². The number of carbonyl (C=O) groups is 2. The molecule has 2 aliphatic rings. The molecule has 0 saturated carbocycles. The van der Waals surface area contributed by atoms with Gasteiger partial charge in [-0.15, -0.1) is 0 Å². The number of nitrogens with one attached hydrogen (secondary N) is 2. The minimum absolute atomic E-state index is 0.00401. The van der Waals surface area contributed by atoms with E-state index >= 15 is 0 Å². The van der Waals surface area contributed by atoms with Crippen molar-refractivity contribution in [2.75, 3.05) is 59.7 Å². The van der Waals surface area contributed by atoms with E-state index in [2.05, 4.69) is 94.2 Å². The predicted molar refractivity (Wildman–Crippen MR) is 201 cm³/mol. The zero-order chi connectivity index (χ0) is 38.3. The molecule has 0 spiro atoms. The third-order valence-electron chi connectivity index (χ3n) is 9.24. The highest BCUT2D eigenvalue weighted by Gasteiger charge is 2.38. The molecular formula is C41H48F3N5O5. The summed E-state index contributed by atoms with van der Waals surface area (Å²) in [5.74, 6) is -1.14. The Morgan fingerprint density at radius 1 is 0.778 bits per heavy atom. The number of hydrogen-bond donors (Lipinski definition) is 3. The number of carboxylic acids is 1. The van der Waals surface area contributed by atoms with Gasteiger partial charge in [0.1, 0.15) is 0 Å². The Hall–Kier alpha value is -5.11. The maximum Gasteiger partial charge on any atom is 0.490 e. The molecule has 4 aromatic rings. The first-order valence-electron chi connectivity index (χ1n) is 18.1. The molecule has 0 radical (unpaired) electrons. The highest BCUT2D eigenvalue weighted by Crippen LogP contribution is 2.32. The number of nitrogens with zero attached hydrogens (tertiary/aromatic N) is 3. The van der Waals surface area contributed by atoms with Gasteiger partial charge in [-0.1, -0.05) is 78.9 Å². The number of rotatable bonds is 14. The molecule has 3 N–H and O–H groups in total. The Balaban J connectivity index is 0.000000730. The van der Waals surface area contributed by atoms with Gasteiger partial charge in [0.15, 0.2) is 11.5 Å². The number of ether oxygens (including phenoxy) is 2. The fourth-order valence-electron chi connectivity index (χ4n) is 6.17. The molecule has 2 heterocycles. The molecule has 0 unspecified atom stereocenters. The molecule has 2 amide bonds. The van der Waals surface area contributed by atoms with E-state index in [9.17, 15) is 18.0 Å². The lowest BCUT2D eigenvalue weighted by molar-refractivity contribution is -0.192. The third kappa shape index (κ3) is 12.8. The monoisotopic (exact) mass is 747 g/mol. The summed E-state index contributed by atoms with van der Waals surface area (Å²) in [6.07, 6.45) is -3.30. The second-order valence-corrected chi connectivity index (χ2v) is 13.4. The topological polar surface area (TPSA) is 107 Å². The van der Waals surface area contributed by atoms with E-state index in [0.717, 1.165) is 82.3 Å². The number of amides is 2. The van der Waals surface area contributed by atoms with E-state index in [1.807, 2.05) is 35.2 Å². The zero-order valence-electron chi connectivity index (χ0n) is 30.5. The van der Waals surface area contributed by atoms with Crippen LogP contribution in [0.2, 0.25) is 0 Å². The van der Waals surface area contributed by atoms with Crippen LogP contribution in [0.3, 0.4) is 0 Å². The van der Waals surface area contributed by atoms with E-state index in [0.29, 0.717) is 19.9 Å². The van der Waals surface area contributed by atoms with Gasteiger partial charge in [-0.05, 0) is 78.0 Å². The van der Waals surface area contributed by atoms with Crippen molar-refractivity contribution in [2.45, 2.75) is 38.7 Å². The maximum absolute atomic E-state index is 13.4. The van der Waals surface area contributed by atoms with Crippen molar-refractivity contribution in [3.63, 3.8) is 0 Å². The standard InChI is InChI=1S/C39H47N5O3.C2HF3O2/c1-42-21-23-43(24-22-42)19-6-20-44(39(45)41-18-17-31-7-3-2-4-8-31)29-32-11-14-35(15-12-32)36-10-5-9-33(25-36)27-40-28-34-13-16-37-38(26-34)47-30-46-37;3-2(4,5)1(6)7/h2-5,7-16,25-26,40H,6,17-24,27-30H2,1H3,(H,41,45);(H,6,7). The molecular weight excluding hydrogens is 699 g/mol. The summed E-state index contributed by atoms with van der Waals surface area (Å²) in [6.45, 7) is 9.17. The predicted octanol–water partition coefficient (Wildman–Crippen LogP) is 6.40. The summed E-state index contributed by atoms with van der Waals surface area (Å²) in [7, 11) is 2.18. The lowest BCUT2D eigenvalue weighted by Gasteiger charge is -2.33. The first-order valence-corrected chi connectivity index (χ1v) is 18.1. The summed E-state index contributed by atoms with van der Waals surface area (Å²) in [5, 5.41) is 13.8. The number of carbonyl (C=O) groups excluding carboxylic acids is 1. The van der Waals surface area contributed by atoms with Crippen molar-refractivity contribution < 1.29 is 37.3 Å². The minimum Gasteiger partial charge on any atom is -0.475 e. The lowest BCUT2D eigenvalue weighted by atomic mass is 10.0. The Morgan fingerprint density at radius 2 is 1.43 bits per heavy atom. The molecule has 13 heteroatoms. The summed E-state index contributed by atoms with van der Waals surface area (Å²) < 4.78 is 42.7. The fraction of sp³-hybridized carbons (Fsp3) is 0.366. The number of likely N-dealkylation sites (N-methyl/N-ethyl adjacent to an activating group) is 1. The van der Waals surface area contributed by atoms with Crippen LogP contribution in [0.15, 0.2) is 97.1 Å². The third-order valence-corrected chi connectivity index (χ3v) is 9.24. The normalized spacial score (nSPS) is 14.2. The van der Waals surface area contributed by atoms with Gasteiger partial charge in [0.2, 0.25) is 6.79 Å². The number of aliphatic carboxylic acids is 1. The fourth-order valence-corrected chi connectivity index (χ4v) is 6.17.